The van der Waals surface area contributed by atoms with E-state index in [1.54, 1.807) is 31.2 Å². The van der Waals surface area contributed by atoms with Crippen molar-refractivity contribution in [2.45, 2.75) is 6.92 Å². The van der Waals surface area contributed by atoms with Gasteiger partial charge in [0.2, 0.25) is 0 Å². The maximum atomic E-state index is 13.5. The quantitative estimate of drug-likeness (QED) is 0.351. The molecule has 34 heavy (non-hydrogen) atoms. The lowest BCUT2D eigenvalue weighted by molar-refractivity contribution is 0.0525. The van der Waals surface area contributed by atoms with E-state index in [-0.39, 0.29) is 35.0 Å². The van der Waals surface area contributed by atoms with Crippen LogP contribution in [-0.2, 0) is 4.74 Å². The van der Waals surface area contributed by atoms with Crippen molar-refractivity contribution in [3.05, 3.63) is 99.0 Å². The number of ether oxygens (including phenoxy) is 1. The highest BCUT2D eigenvalue weighted by Gasteiger charge is 2.37. The van der Waals surface area contributed by atoms with Gasteiger partial charge < -0.3 is 4.74 Å². The van der Waals surface area contributed by atoms with Gasteiger partial charge in [-0.2, -0.15) is 0 Å². The summed E-state index contributed by atoms with van der Waals surface area (Å²) in [7, 11) is 0. The maximum absolute atomic E-state index is 13.5. The number of benzene rings is 3. The van der Waals surface area contributed by atoms with Crippen LogP contribution in [0.15, 0.2) is 66.7 Å². The number of imide groups is 1. The fourth-order valence-electron chi connectivity index (χ4n) is 3.57. The summed E-state index contributed by atoms with van der Waals surface area (Å²) in [4.78, 5) is 53.6. The van der Waals surface area contributed by atoms with Gasteiger partial charge in [0.25, 0.3) is 17.7 Å². The Morgan fingerprint density at radius 2 is 1.53 bits per heavy atom. The van der Waals surface area contributed by atoms with E-state index in [9.17, 15) is 19.2 Å². The Morgan fingerprint density at radius 1 is 0.912 bits per heavy atom. The highest BCUT2D eigenvalue weighted by molar-refractivity contribution is 6.37. The van der Waals surface area contributed by atoms with Crippen molar-refractivity contribution in [2.24, 2.45) is 0 Å². The number of rotatable bonds is 6. The Hall–Kier alpha value is -3.68. The lowest BCUT2D eigenvalue weighted by Crippen LogP contribution is -2.44. The van der Waals surface area contributed by atoms with Crippen molar-refractivity contribution < 1.29 is 23.9 Å². The molecule has 0 unspecified atom stereocenters. The van der Waals surface area contributed by atoms with E-state index in [0.29, 0.717) is 16.3 Å². The first-order chi connectivity index (χ1) is 16.3. The van der Waals surface area contributed by atoms with Gasteiger partial charge in [-0.1, -0.05) is 35.3 Å². The molecule has 0 atom stereocenters. The standard InChI is InChI=1S/C25H18Cl2N2O5/c1-2-34-25(33)15-7-10-17(11-8-15)28(24(32)20-12-9-16(26)13-21(20)27)14-29-22(30)18-5-3-4-6-19(18)23(29)31/h3-13H,2,14H2,1H3. The molecular formula is C25H18Cl2N2O5. The average molecular weight is 497 g/mol. The lowest BCUT2D eigenvalue weighted by Gasteiger charge is -2.27. The predicted molar refractivity (Wildman–Crippen MR) is 127 cm³/mol. The molecule has 0 fully saturated rings. The number of amides is 3. The molecule has 1 aliphatic heterocycles. The number of fused-ring (bicyclic) bond motifs is 1. The van der Waals surface area contributed by atoms with Crippen molar-refractivity contribution in [1.29, 1.82) is 0 Å². The molecule has 0 spiro atoms. The van der Waals surface area contributed by atoms with Crippen molar-refractivity contribution in [1.82, 2.24) is 4.90 Å². The zero-order chi connectivity index (χ0) is 24.4. The number of esters is 1. The number of halogens is 2. The van der Waals surface area contributed by atoms with E-state index in [1.165, 1.54) is 47.4 Å². The summed E-state index contributed by atoms with van der Waals surface area (Å²) in [5.41, 5.74) is 1.31. The van der Waals surface area contributed by atoms with Crippen LogP contribution in [0.5, 0.6) is 0 Å². The van der Waals surface area contributed by atoms with Crippen molar-refractivity contribution >= 4 is 52.6 Å². The third kappa shape index (κ3) is 4.40. The Kier molecular flexibility index (Phi) is 6.68. The van der Waals surface area contributed by atoms with Gasteiger partial charge in [0.05, 0.1) is 33.9 Å². The zero-order valence-corrected chi connectivity index (χ0v) is 19.5. The Balaban J connectivity index is 1.71. The maximum Gasteiger partial charge on any atom is 0.338 e. The van der Waals surface area contributed by atoms with Crippen LogP contribution in [0, 0.1) is 0 Å². The SMILES string of the molecule is CCOC(=O)c1ccc(N(CN2C(=O)c3ccccc3C2=O)C(=O)c2ccc(Cl)cc2Cl)cc1. The van der Waals surface area contributed by atoms with Crippen LogP contribution in [0.2, 0.25) is 10.0 Å². The van der Waals surface area contributed by atoms with E-state index < -0.39 is 23.7 Å². The summed E-state index contributed by atoms with van der Waals surface area (Å²) in [6.45, 7) is 1.56. The fraction of sp³-hybridized carbons (Fsp3) is 0.120. The number of carbonyl (C=O) groups excluding carboxylic acids is 4. The molecule has 0 N–H and O–H groups in total. The first kappa shape index (κ1) is 23.5. The second-order valence-corrected chi connectivity index (χ2v) is 8.19. The van der Waals surface area contributed by atoms with Crippen LogP contribution in [0.4, 0.5) is 5.69 Å². The van der Waals surface area contributed by atoms with Gasteiger partial charge in [-0.25, -0.2) is 4.79 Å². The minimum Gasteiger partial charge on any atom is -0.462 e. The van der Waals surface area contributed by atoms with Gasteiger partial charge in [0.1, 0.15) is 6.67 Å². The molecule has 1 aliphatic rings. The van der Waals surface area contributed by atoms with Gasteiger partial charge in [-0.05, 0) is 61.5 Å². The van der Waals surface area contributed by atoms with Crippen LogP contribution in [0.3, 0.4) is 0 Å². The Morgan fingerprint density at radius 3 is 2.09 bits per heavy atom. The second kappa shape index (κ2) is 9.67. The summed E-state index contributed by atoms with van der Waals surface area (Å²) >= 11 is 12.2. The minimum absolute atomic E-state index is 0.119. The molecule has 3 aromatic rings. The first-order valence-electron chi connectivity index (χ1n) is 10.3. The van der Waals surface area contributed by atoms with Crippen molar-refractivity contribution in [3.8, 4) is 0 Å². The number of carbonyl (C=O) groups is 4. The molecule has 0 aromatic heterocycles. The molecule has 1 heterocycles. The average Bonchev–Trinajstić information content (AvgIpc) is 3.07. The molecule has 0 bridgehead atoms. The lowest BCUT2D eigenvalue weighted by atomic mass is 10.1. The van der Waals surface area contributed by atoms with Gasteiger partial charge in [-0.3, -0.25) is 24.2 Å². The highest BCUT2D eigenvalue weighted by atomic mass is 35.5. The summed E-state index contributed by atoms with van der Waals surface area (Å²) < 4.78 is 5.00. The van der Waals surface area contributed by atoms with E-state index in [4.69, 9.17) is 27.9 Å². The third-order valence-electron chi connectivity index (χ3n) is 5.26. The molecule has 3 aromatic carbocycles. The third-order valence-corrected chi connectivity index (χ3v) is 5.81. The topological polar surface area (TPSA) is 84.0 Å². The molecule has 3 amide bonds. The molecule has 0 aliphatic carbocycles. The number of hydrogen-bond donors (Lipinski definition) is 0. The Bertz CT molecular complexity index is 1270. The van der Waals surface area contributed by atoms with Crippen LogP contribution < -0.4 is 4.90 Å². The summed E-state index contributed by atoms with van der Waals surface area (Å²) in [6.07, 6.45) is 0. The highest BCUT2D eigenvalue weighted by Crippen LogP contribution is 2.28. The first-order valence-corrected chi connectivity index (χ1v) is 11.1. The summed E-state index contributed by atoms with van der Waals surface area (Å²) in [5.74, 6) is -2.08. The van der Waals surface area contributed by atoms with Crippen LogP contribution >= 0.6 is 23.2 Å². The Labute approximate surface area is 205 Å². The number of nitrogens with zero attached hydrogens (tertiary/aromatic N) is 2. The second-order valence-electron chi connectivity index (χ2n) is 7.35. The fourth-order valence-corrected chi connectivity index (χ4v) is 4.06. The molecule has 9 heteroatoms. The molecule has 4 rings (SSSR count). The normalized spacial score (nSPS) is 12.5. The molecular weight excluding hydrogens is 479 g/mol. The summed E-state index contributed by atoms with van der Waals surface area (Å²) in [6, 6.07) is 16.9. The van der Waals surface area contributed by atoms with E-state index >= 15 is 0 Å². The van der Waals surface area contributed by atoms with Gasteiger partial charge in [-0.15, -0.1) is 0 Å². The molecule has 0 radical (unpaired) electrons. The van der Waals surface area contributed by atoms with Gasteiger partial charge >= 0.3 is 5.97 Å². The molecule has 172 valence electrons. The largest absolute Gasteiger partial charge is 0.462 e. The minimum atomic E-state index is -0.554. The van der Waals surface area contributed by atoms with E-state index in [0.717, 1.165) is 4.90 Å². The van der Waals surface area contributed by atoms with E-state index in [2.05, 4.69) is 0 Å². The number of anilines is 1. The van der Waals surface area contributed by atoms with Crippen LogP contribution in [0.1, 0.15) is 48.4 Å². The molecule has 0 saturated heterocycles. The van der Waals surface area contributed by atoms with Crippen LogP contribution in [0.25, 0.3) is 0 Å². The van der Waals surface area contributed by atoms with Crippen molar-refractivity contribution in [2.75, 3.05) is 18.2 Å². The zero-order valence-electron chi connectivity index (χ0n) is 18.0. The summed E-state index contributed by atoms with van der Waals surface area (Å²) in [5, 5.41) is 0.472. The van der Waals surface area contributed by atoms with Crippen molar-refractivity contribution in [3.63, 3.8) is 0 Å². The smallest absolute Gasteiger partial charge is 0.338 e. The number of hydrogen-bond acceptors (Lipinski definition) is 5. The molecule has 7 nitrogen and oxygen atoms in total. The molecule has 0 saturated carbocycles. The van der Waals surface area contributed by atoms with Crippen LogP contribution in [-0.4, -0.2) is 41.9 Å². The van der Waals surface area contributed by atoms with Gasteiger partial charge in [0.15, 0.2) is 0 Å². The van der Waals surface area contributed by atoms with E-state index in [1.807, 2.05) is 0 Å². The van der Waals surface area contributed by atoms with Gasteiger partial charge in [0, 0.05) is 10.7 Å². The predicted octanol–water partition coefficient (Wildman–Crippen LogP) is 5.07. The monoisotopic (exact) mass is 496 g/mol.